The maximum Gasteiger partial charge on any atom is 0.271 e. The van der Waals surface area contributed by atoms with Gasteiger partial charge in [-0.15, -0.1) is 0 Å². The van der Waals surface area contributed by atoms with Crippen LogP contribution in [0.25, 0.3) is 0 Å². The molecule has 2 rings (SSSR count). The molecule has 1 aliphatic rings. The van der Waals surface area contributed by atoms with Gasteiger partial charge in [0.15, 0.2) is 0 Å². The molecular formula is C12H20N4OS. The van der Waals surface area contributed by atoms with Gasteiger partial charge in [-0.25, -0.2) is 0 Å². The molecule has 1 aromatic heterocycles. The normalized spacial score (nSPS) is 17.3. The minimum Gasteiger partial charge on any atom is -0.395 e. The third kappa shape index (κ3) is 2.21. The highest BCUT2D eigenvalue weighted by molar-refractivity contribution is 8.00. The predicted molar refractivity (Wildman–Crippen MR) is 74.8 cm³/mol. The van der Waals surface area contributed by atoms with Crippen molar-refractivity contribution in [3.05, 3.63) is 11.4 Å². The summed E-state index contributed by atoms with van der Waals surface area (Å²) in [6, 6.07) is 0. The first kappa shape index (κ1) is 13.3. The zero-order valence-electron chi connectivity index (χ0n) is 11.1. The fourth-order valence-electron chi connectivity index (χ4n) is 2.29. The quantitative estimate of drug-likeness (QED) is 0.864. The molecule has 0 spiro atoms. The van der Waals surface area contributed by atoms with Crippen molar-refractivity contribution in [2.24, 2.45) is 7.05 Å². The van der Waals surface area contributed by atoms with Crippen molar-refractivity contribution in [2.75, 3.05) is 18.5 Å². The number of nitrogens with zero attached hydrogens (tertiary/aromatic N) is 2. The zero-order chi connectivity index (χ0) is 13.3. The number of aromatic nitrogens is 2. The molecule has 0 bridgehead atoms. The highest BCUT2D eigenvalue weighted by atomic mass is 32.2. The average Bonchev–Trinajstić information content (AvgIpc) is 2.52. The SMILES string of the molecule is CSC1(CNC(=O)c2c(N)c(C)nn2C)CCC1. The van der Waals surface area contributed by atoms with E-state index in [0.717, 1.165) is 0 Å². The van der Waals surface area contributed by atoms with Crippen LogP contribution < -0.4 is 11.1 Å². The van der Waals surface area contributed by atoms with E-state index in [-0.39, 0.29) is 10.7 Å². The number of thioether (sulfide) groups is 1. The van der Waals surface area contributed by atoms with E-state index in [0.29, 0.717) is 23.6 Å². The molecular weight excluding hydrogens is 248 g/mol. The number of carbonyl (C=O) groups is 1. The van der Waals surface area contributed by atoms with Crippen molar-refractivity contribution in [2.45, 2.75) is 30.9 Å². The summed E-state index contributed by atoms with van der Waals surface area (Å²) in [6.45, 7) is 2.51. The van der Waals surface area contributed by atoms with Gasteiger partial charge in [-0.3, -0.25) is 9.48 Å². The van der Waals surface area contributed by atoms with Gasteiger partial charge in [-0.2, -0.15) is 16.9 Å². The minimum absolute atomic E-state index is 0.129. The van der Waals surface area contributed by atoms with Crippen molar-refractivity contribution < 1.29 is 4.79 Å². The van der Waals surface area contributed by atoms with Crippen LogP contribution in [0.5, 0.6) is 0 Å². The Morgan fingerprint density at radius 1 is 1.61 bits per heavy atom. The van der Waals surface area contributed by atoms with Crippen LogP contribution >= 0.6 is 11.8 Å². The van der Waals surface area contributed by atoms with E-state index < -0.39 is 0 Å². The molecule has 0 aromatic carbocycles. The van der Waals surface area contributed by atoms with E-state index in [4.69, 9.17) is 5.73 Å². The van der Waals surface area contributed by atoms with Gasteiger partial charge in [0.2, 0.25) is 0 Å². The molecule has 1 aliphatic carbocycles. The Bertz CT molecular complexity index is 459. The Morgan fingerprint density at radius 2 is 2.28 bits per heavy atom. The molecule has 0 atom stereocenters. The Hall–Kier alpha value is -1.17. The van der Waals surface area contributed by atoms with Crippen LogP contribution in [0.2, 0.25) is 0 Å². The number of anilines is 1. The van der Waals surface area contributed by atoms with Gasteiger partial charge in [0.05, 0.1) is 11.4 Å². The molecule has 0 aliphatic heterocycles. The zero-order valence-corrected chi connectivity index (χ0v) is 11.9. The van der Waals surface area contributed by atoms with Gasteiger partial charge < -0.3 is 11.1 Å². The summed E-state index contributed by atoms with van der Waals surface area (Å²) in [5.74, 6) is -0.129. The third-order valence-corrected chi connectivity index (χ3v) is 5.17. The summed E-state index contributed by atoms with van der Waals surface area (Å²) in [5, 5.41) is 7.14. The van der Waals surface area contributed by atoms with Crippen molar-refractivity contribution in [1.29, 1.82) is 0 Å². The fraction of sp³-hybridized carbons (Fsp3) is 0.667. The third-order valence-electron chi connectivity index (χ3n) is 3.75. The molecule has 1 fully saturated rings. The number of rotatable bonds is 4. The molecule has 1 amide bonds. The first-order valence-corrected chi connectivity index (χ1v) is 7.34. The van der Waals surface area contributed by atoms with E-state index in [1.54, 1.807) is 18.7 Å². The molecule has 1 aromatic rings. The first-order chi connectivity index (χ1) is 8.49. The molecule has 100 valence electrons. The Balaban J connectivity index is 2.04. The second-order valence-corrected chi connectivity index (χ2v) is 6.17. The van der Waals surface area contributed by atoms with Gasteiger partial charge in [0.1, 0.15) is 5.69 Å². The highest BCUT2D eigenvalue weighted by Gasteiger charge is 2.36. The van der Waals surface area contributed by atoms with Crippen LogP contribution in [0, 0.1) is 6.92 Å². The summed E-state index contributed by atoms with van der Waals surface area (Å²) >= 11 is 1.84. The molecule has 6 heteroatoms. The number of hydrogen-bond acceptors (Lipinski definition) is 4. The summed E-state index contributed by atoms with van der Waals surface area (Å²) in [5.41, 5.74) is 7.51. The van der Waals surface area contributed by atoms with Crippen molar-refractivity contribution in [3.63, 3.8) is 0 Å². The lowest BCUT2D eigenvalue weighted by Gasteiger charge is -2.40. The largest absolute Gasteiger partial charge is 0.395 e. The van der Waals surface area contributed by atoms with E-state index >= 15 is 0 Å². The van der Waals surface area contributed by atoms with Crippen molar-refractivity contribution >= 4 is 23.4 Å². The average molecular weight is 268 g/mol. The molecule has 3 N–H and O–H groups in total. The Morgan fingerprint density at radius 3 is 2.67 bits per heavy atom. The monoisotopic (exact) mass is 268 g/mol. The van der Waals surface area contributed by atoms with Gasteiger partial charge >= 0.3 is 0 Å². The molecule has 0 unspecified atom stereocenters. The maximum absolute atomic E-state index is 12.1. The van der Waals surface area contributed by atoms with Crippen LogP contribution in [0.1, 0.15) is 35.4 Å². The first-order valence-electron chi connectivity index (χ1n) is 6.11. The number of carbonyl (C=O) groups excluding carboxylic acids is 1. The van der Waals surface area contributed by atoms with Crippen LogP contribution in [0.15, 0.2) is 0 Å². The van der Waals surface area contributed by atoms with Crippen molar-refractivity contribution in [3.8, 4) is 0 Å². The summed E-state index contributed by atoms with van der Waals surface area (Å²) < 4.78 is 1.78. The Kier molecular flexibility index (Phi) is 3.56. The van der Waals surface area contributed by atoms with E-state index in [1.165, 1.54) is 19.3 Å². The van der Waals surface area contributed by atoms with Crippen LogP contribution in [-0.2, 0) is 7.05 Å². The van der Waals surface area contributed by atoms with Gasteiger partial charge in [0.25, 0.3) is 5.91 Å². The van der Waals surface area contributed by atoms with Gasteiger partial charge in [0, 0.05) is 18.3 Å². The molecule has 18 heavy (non-hydrogen) atoms. The van der Waals surface area contributed by atoms with E-state index in [9.17, 15) is 4.79 Å². The van der Waals surface area contributed by atoms with Gasteiger partial charge in [-0.05, 0) is 26.0 Å². The van der Waals surface area contributed by atoms with Crippen LogP contribution in [0.4, 0.5) is 5.69 Å². The number of nitrogens with two attached hydrogens (primary N) is 1. The van der Waals surface area contributed by atoms with Crippen molar-refractivity contribution in [1.82, 2.24) is 15.1 Å². The standard InChI is InChI=1S/C12H20N4OS/c1-8-9(13)10(16(2)15-8)11(17)14-7-12(18-3)5-4-6-12/h4-7,13H2,1-3H3,(H,14,17). The van der Waals surface area contributed by atoms with Gasteiger partial charge in [-0.1, -0.05) is 6.42 Å². The summed E-state index contributed by atoms with van der Waals surface area (Å²) in [6.07, 6.45) is 5.71. The minimum atomic E-state index is -0.129. The number of nitrogen functional groups attached to an aromatic ring is 1. The topological polar surface area (TPSA) is 72.9 Å². The predicted octanol–water partition coefficient (Wildman–Crippen LogP) is 1.33. The lowest BCUT2D eigenvalue weighted by Crippen LogP contribution is -2.45. The lowest BCUT2D eigenvalue weighted by atomic mass is 9.84. The highest BCUT2D eigenvalue weighted by Crippen LogP contribution is 2.42. The summed E-state index contributed by atoms with van der Waals surface area (Å²) in [7, 11) is 1.74. The number of nitrogens with one attached hydrogen (secondary N) is 1. The number of hydrogen-bond donors (Lipinski definition) is 2. The molecule has 0 saturated heterocycles. The molecule has 0 radical (unpaired) electrons. The number of aryl methyl sites for hydroxylation is 2. The van der Waals surface area contributed by atoms with Crippen LogP contribution in [-0.4, -0.2) is 33.2 Å². The molecule has 5 nitrogen and oxygen atoms in total. The van der Waals surface area contributed by atoms with E-state index in [1.807, 2.05) is 11.8 Å². The number of amides is 1. The molecule has 1 saturated carbocycles. The Labute approximate surface area is 111 Å². The summed E-state index contributed by atoms with van der Waals surface area (Å²) in [4.78, 5) is 12.1. The second kappa shape index (κ2) is 4.84. The smallest absolute Gasteiger partial charge is 0.271 e. The van der Waals surface area contributed by atoms with E-state index in [2.05, 4.69) is 16.7 Å². The second-order valence-electron chi connectivity index (χ2n) is 4.89. The lowest BCUT2D eigenvalue weighted by molar-refractivity contribution is 0.0935. The van der Waals surface area contributed by atoms with Crippen LogP contribution in [0.3, 0.4) is 0 Å². The molecule has 1 heterocycles. The fourth-order valence-corrected chi connectivity index (χ4v) is 3.21. The maximum atomic E-state index is 12.1.